The largest absolute Gasteiger partial charge is 0.756 e. The van der Waals surface area contributed by atoms with Crippen molar-refractivity contribution >= 4 is 13.7 Å². The number of quaternary nitrogens is 1. The number of likely N-dealkylation sites (N-methyl/N-ethyl adjacent to an activating group) is 1. The number of phosphoric acid groups is 1. The van der Waals surface area contributed by atoms with Gasteiger partial charge < -0.3 is 28.8 Å². The van der Waals surface area contributed by atoms with Crippen LogP contribution in [-0.4, -0.2) is 68.5 Å². The number of aliphatic hydroxyl groups is 1. The summed E-state index contributed by atoms with van der Waals surface area (Å²) >= 11 is 0. The fourth-order valence-corrected chi connectivity index (χ4v) is 9.69. The highest BCUT2D eigenvalue weighted by Gasteiger charge is 2.23. The monoisotopic (exact) mass is 1030 g/mol. The first kappa shape index (κ1) is 70.2. The third-order valence-electron chi connectivity index (χ3n) is 13.7. The van der Waals surface area contributed by atoms with Crippen molar-refractivity contribution in [1.29, 1.82) is 0 Å². The summed E-state index contributed by atoms with van der Waals surface area (Å²) in [6.07, 6.45) is 73.0. The van der Waals surface area contributed by atoms with Crippen molar-refractivity contribution in [3.63, 3.8) is 0 Å². The number of hydrogen-bond acceptors (Lipinski definition) is 6. The van der Waals surface area contributed by atoms with E-state index in [0.717, 1.165) is 64.2 Å². The lowest BCUT2D eigenvalue weighted by atomic mass is 10.0. The summed E-state index contributed by atoms with van der Waals surface area (Å²) < 4.78 is 23.4. The Hall–Kier alpha value is -1.80. The van der Waals surface area contributed by atoms with Crippen LogP contribution in [0.1, 0.15) is 284 Å². The average molecular weight is 1030 g/mol. The van der Waals surface area contributed by atoms with Crippen molar-refractivity contribution in [3.05, 3.63) is 60.8 Å². The van der Waals surface area contributed by atoms with Gasteiger partial charge in [0.2, 0.25) is 5.91 Å². The van der Waals surface area contributed by atoms with E-state index in [-0.39, 0.29) is 19.1 Å². The van der Waals surface area contributed by atoms with Crippen LogP contribution in [0.2, 0.25) is 0 Å². The van der Waals surface area contributed by atoms with Gasteiger partial charge in [0.05, 0.1) is 39.9 Å². The van der Waals surface area contributed by atoms with E-state index in [0.29, 0.717) is 17.4 Å². The summed E-state index contributed by atoms with van der Waals surface area (Å²) in [7, 11) is 1.26. The Bertz CT molecular complexity index is 1360. The second kappa shape index (κ2) is 54.0. The number of amides is 1. The minimum Gasteiger partial charge on any atom is -0.756 e. The van der Waals surface area contributed by atoms with Gasteiger partial charge in [-0.15, -0.1) is 0 Å². The van der Waals surface area contributed by atoms with Gasteiger partial charge in [-0.1, -0.05) is 280 Å². The Kier molecular flexibility index (Phi) is 52.7. The molecular weight excluding hydrogens is 912 g/mol. The van der Waals surface area contributed by atoms with Crippen LogP contribution >= 0.6 is 7.82 Å². The molecule has 0 heterocycles. The third kappa shape index (κ3) is 55.9. The molecule has 0 rings (SSSR count). The van der Waals surface area contributed by atoms with E-state index in [1.165, 1.54) is 199 Å². The number of unbranched alkanes of at least 4 members (excludes halogenated alkanes) is 35. The standard InChI is InChI=1S/C63H119N2O6P/c1-6-8-10-12-14-16-18-20-22-24-26-28-30-32-34-36-38-40-42-44-46-48-50-52-54-56-62(66)61(60-71-72(68,69)70-59-58-65(3,4)5)64-63(67)57-55-53-51-49-47-45-43-41-39-37-35-33-31-29-27-25-23-21-19-17-15-13-11-9-7-2/h9,11,15,17,21,23,27,29,54,56,61-62,66H,6-8,10,12-14,16,18-20,22,24-26,28,30-53,55,57-60H2,1-5H3,(H-,64,67,68,69)/b11-9-,17-15-,23-21-,29-27-,56-54+. The molecule has 8 nitrogen and oxygen atoms in total. The van der Waals surface area contributed by atoms with Crippen molar-refractivity contribution < 1.29 is 32.9 Å². The molecule has 0 aliphatic carbocycles. The molecule has 0 aliphatic rings. The molecule has 0 fully saturated rings. The van der Waals surface area contributed by atoms with E-state index in [2.05, 4.69) is 67.8 Å². The summed E-state index contributed by atoms with van der Waals surface area (Å²) in [6, 6.07) is -0.891. The molecule has 0 aromatic rings. The molecule has 0 spiro atoms. The number of rotatable bonds is 56. The maximum absolute atomic E-state index is 13.0. The van der Waals surface area contributed by atoms with Gasteiger partial charge in [-0.05, 0) is 57.8 Å². The molecule has 0 saturated carbocycles. The minimum atomic E-state index is -4.60. The first-order chi connectivity index (χ1) is 35.0. The van der Waals surface area contributed by atoms with E-state index >= 15 is 0 Å². The quantitative estimate of drug-likeness (QED) is 0.0272. The first-order valence-electron chi connectivity index (χ1n) is 30.7. The van der Waals surface area contributed by atoms with Gasteiger partial charge in [0.1, 0.15) is 13.2 Å². The molecule has 422 valence electrons. The lowest BCUT2D eigenvalue weighted by Gasteiger charge is -2.29. The number of nitrogens with one attached hydrogen (secondary N) is 1. The molecule has 3 atom stereocenters. The van der Waals surface area contributed by atoms with Gasteiger partial charge >= 0.3 is 0 Å². The van der Waals surface area contributed by atoms with Gasteiger partial charge in [0.15, 0.2) is 0 Å². The molecule has 1 amide bonds. The van der Waals surface area contributed by atoms with Crippen LogP contribution in [0.15, 0.2) is 60.8 Å². The fraction of sp³-hybridized carbons (Fsp3) is 0.825. The van der Waals surface area contributed by atoms with Crippen LogP contribution < -0.4 is 10.2 Å². The highest BCUT2D eigenvalue weighted by molar-refractivity contribution is 7.45. The zero-order valence-corrected chi connectivity index (χ0v) is 49.0. The zero-order chi connectivity index (χ0) is 52.7. The molecule has 9 heteroatoms. The number of nitrogens with zero attached hydrogens (tertiary/aromatic N) is 1. The van der Waals surface area contributed by atoms with Crippen molar-refractivity contribution in [1.82, 2.24) is 5.32 Å². The van der Waals surface area contributed by atoms with Crippen molar-refractivity contribution in [2.75, 3.05) is 40.9 Å². The molecular formula is C63H119N2O6P. The molecule has 0 aromatic carbocycles. The lowest BCUT2D eigenvalue weighted by Crippen LogP contribution is -2.45. The fourth-order valence-electron chi connectivity index (χ4n) is 8.97. The van der Waals surface area contributed by atoms with Crippen LogP contribution in [0.25, 0.3) is 0 Å². The maximum Gasteiger partial charge on any atom is 0.268 e. The van der Waals surface area contributed by atoms with Gasteiger partial charge in [0, 0.05) is 6.42 Å². The summed E-state index contributed by atoms with van der Waals surface area (Å²) in [5, 5.41) is 13.9. The molecule has 0 saturated heterocycles. The van der Waals surface area contributed by atoms with Crippen LogP contribution in [0.3, 0.4) is 0 Å². The predicted molar refractivity (Wildman–Crippen MR) is 311 cm³/mol. The zero-order valence-electron chi connectivity index (χ0n) is 48.1. The van der Waals surface area contributed by atoms with Crippen LogP contribution in [-0.2, 0) is 18.4 Å². The van der Waals surface area contributed by atoms with Gasteiger partial charge in [0.25, 0.3) is 7.82 Å². The second-order valence-electron chi connectivity index (χ2n) is 22.0. The van der Waals surface area contributed by atoms with Crippen molar-refractivity contribution in [2.24, 2.45) is 0 Å². The van der Waals surface area contributed by atoms with E-state index < -0.39 is 20.0 Å². The Morgan fingerprint density at radius 1 is 0.500 bits per heavy atom. The van der Waals surface area contributed by atoms with Crippen molar-refractivity contribution in [3.8, 4) is 0 Å². The number of allylic oxidation sites excluding steroid dienone is 9. The number of aliphatic hydroxyl groups excluding tert-OH is 1. The highest BCUT2D eigenvalue weighted by atomic mass is 31.2. The maximum atomic E-state index is 13.0. The molecule has 0 aromatic heterocycles. The van der Waals surface area contributed by atoms with Crippen LogP contribution in [0.5, 0.6) is 0 Å². The van der Waals surface area contributed by atoms with Crippen molar-refractivity contribution in [2.45, 2.75) is 296 Å². The molecule has 3 unspecified atom stereocenters. The highest BCUT2D eigenvalue weighted by Crippen LogP contribution is 2.38. The third-order valence-corrected chi connectivity index (χ3v) is 14.7. The number of carbonyl (C=O) groups is 1. The number of phosphoric ester groups is 1. The smallest absolute Gasteiger partial charge is 0.268 e. The normalized spacial score (nSPS) is 14.3. The molecule has 0 bridgehead atoms. The van der Waals surface area contributed by atoms with Gasteiger partial charge in [-0.2, -0.15) is 0 Å². The van der Waals surface area contributed by atoms with E-state index in [4.69, 9.17) is 9.05 Å². The van der Waals surface area contributed by atoms with E-state index in [9.17, 15) is 19.4 Å². The average Bonchev–Trinajstić information content (AvgIpc) is 3.34. The molecule has 0 aliphatic heterocycles. The topological polar surface area (TPSA) is 108 Å². The Morgan fingerprint density at radius 2 is 0.847 bits per heavy atom. The summed E-state index contributed by atoms with van der Waals surface area (Å²) in [4.78, 5) is 25.6. The Labute approximate surface area is 447 Å². The molecule has 0 radical (unpaired) electrons. The summed E-state index contributed by atoms with van der Waals surface area (Å²) in [5.74, 6) is -0.198. The van der Waals surface area contributed by atoms with E-state index in [1.54, 1.807) is 6.08 Å². The lowest BCUT2D eigenvalue weighted by molar-refractivity contribution is -0.870. The summed E-state index contributed by atoms with van der Waals surface area (Å²) in [5.41, 5.74) is 0. The summed E-state index contributed by atoms with van der Waals surface area (Å²) in [6.45, 7) is 4.57. The van der Waals surface area contributed by atoms with Gasteiger partial charge in [-0.25, -0.2) is 0 Å². The molecule has 72 heavy (non-hydrogen) atoms. The predicted octanol–water partition coefficient (Wildman–Crippen LogP) is 18.2. The Balaban J connectivity index is 4.17. The van der Waals surface area contributed by atoms with Gasteiger partial charge in [-0.3, -0.25) is 9.36 Å². The second-order valence-corrected chi connectivity index (χ2v) is 23.4. The number of hydrogen-bond donors (Lipinski definition) is 2. The number of carbonyl (C=O) groups excluding carboxylic acids is 1. The van der Waals surface area contributed by atoms with E-state index in [1.807, 2.05) is 27.2 Å². The minimum absolute atomic E-state index is 0.00245. The molecule has 2 N–H and O–H groups in total. The van der Waals surface area contributed by atoms with Crippen LogP contribution in [0, 0.1) is 0 Å². The SMILES string of the molecule is CC/C=C\C/C=C\C/C=C\C/C=C\CCCCCCCCCCCCCCC(=O)NC(COP(=O)([O-])OCC[N+](C)(C)C)C(O)/C=C/CCCCCCCCCCCCCCCCCCCCCCCCC. The van der Waals surface area contributed by atoms with Crippen LogP contribution in [0.4, 0.5) is 0 Å². The Morgan fingerprint density at radius 3 is 1.24 bits per heavy atom. The first-order valence-corrected chi connectivity index (χ1v) is 32.1.